The fourth-order valence-electron chi connectivity index (χ4n) is 3.10. The predicted octanol–water partition coefficient (Wildman–Crippen LogP) is 2.38. The second kappa shape index (κ2) is 22.0. The minimum Gasteiger partial charge on any atom is -0.425 e. The topological polar surface area (TPSA) is 36.9 Å². The summed E-state index contributed by atoms with van der Waals surface area (Å²) in [6, 6.07) is 1.16. The molecule has 9 heteroatoms. The molecule has 0 aliphatic carbocycles. The normalized spacial score (nSPS) is 21.2. The Kier molecular flexibility index (Phi) is 23.5. The van der Waals surface area contributed by atoms with E-state index >= 15 is 0 Å². The molecule has 1 saturated heterocycles. The first-order valence-corrected chi connectivity index (χ1v) is 15.5. The zero-order valence-electron chi connectivity index (χ0n) is 16.9. The van der Waals surface area contributed by atoms with E-state index in [-0.39, 0.29) is 29.6 Å². The molecule has 0 unspecified atom stereocenters. The Morgan fingerprint density at radius 1 is 0.560 bits per heavy atom. The molecule has 0 aromatic rings. The summed E-state index contributed by atoms with van der Waals surface area (Å²) in [6.45, 7) is 2.29. The van der Waals surface area contributed by atoms with Crippen molar-refractivity contribution in [3.63, 3.8) is 0 Å². The zero-order chi connectivity index (χ0) is 17.1. The van der Waals surface area contributed by atoms with E-state index in [0.29, 0.717) is 0 Å². The molecule has 0 N–H and O–H groups in total. The minimum absolute atomic E-state index is 0. The van der Waals surface area contributed by atoms with Gasteiger partial charge in [0.25, 0.3) is 30.0 Å². The van der Waals surface area contributed by atoms with Crippen LogP contribution in [0.1, 0.15) is 96.8 Å². The third-order valence-electron chi connectivity index (χ3n) is 4.63. The van der Waals surface area contributed by atoms with Crippen molar-refractivity contribution in [3.05, 3.63) is 0 Å². The van der Waals surface area contributed by atoms with Crippen molar-refractivity contribution in [1.82, 2.24) is 0 Å². The molecule has 145 valence electrons. The fraction of sp³-hybridized carbons (Fsp3) is 1.00. The van der Waals surface area contributed by atoms with E-state index in [1.807, 2.05) is 0 Å². The van der Waals surface area contributed by atoms with E-state index in [1.165, 1.54) is 89.9 Å². The van der Waals surface area contributed by atoms with Crippen molar-refractivity contribution in [2.24, 2.45) is 0 Å². The molecule has 1 rings (SSSR count). The van der Waals surface area contributed by atoms with Crippen molar-refractivity contribution in [2.45, 2.75) is 103 Å². The molecular weight excluding hydrogens is 392 g/mol. The van der Waals surface area contributed by atoms with Crippen LogP contribution in [0.2, 0.25) is 6.04 Å². The van der Waals surface area contributed by atoms with Gasteiger partial charge in [0.15, 0.2) is 0 Å². The molecule has 0 atom stereocenters. The van der Waals surface area contributed by atoms with Crippen LogP contribution in [0.15, 0.2) is 0 Å². The molecule has 25 heavy (non-hydrogen) atoms. The summed E-state index contributed by atoms with van der Waals surface area (Å²) in [7, 11) is -3.65. The van der Waals surface area contributed by atoms with Crippen LogP contribution >= 0.6 is 0 Å². The fourth-order valence-corrected chi connectivity index (χ4v) is 12.1. The minimum atomic E-state index is -1.39. The van der Waals surface area contributed by atoms with Gasteiger partial charge < -0.3 is 16.5 Å². The standard InChI is InChI=1S/C16H40O4Si4.Na/c1-2-3-4-5-6-7-8-9-10-11-12-13-14-15-16-24-19-22-17-21-18-23-20-24;/h24H,2-16,21-23H2,1H3;. The molecular formula is C16H40NaO4Si4. The maximum atomic E-state index is 5.82. The number of rotatable bonds is 15. The van der Waals surface area contributed by atoms with E-state index in [0.717, 1.165) is 6.04 Å². The van der Waals surface area contributed by atoms with Gasteiger partial charge in [-0.2, -0.15) is 0 Å². The Morgan fingerprint density at radius 2 is 0.960 bits per heavy atom. The third-order valence-corrected chi connectivity index (χ3v) is 12.2. The molecule has 0 amide bonds. The largest absolute Gasteiger partial charge is 0.425 e. The van der Waals surface area contributed by atoms with Crippen molar-refractivity contribution < 1.29 is 16.5 Å². The van der Waals surface area contributed by atoms with Gasteiger partial charge in [-0.15, -0.1) is 0 Å². The first-order valence-electron chi connectivity index (χ1n) is 10.3. The molecule has 0 aromatic carbocycles. The smallest absolute Gasteiger partial charge is 0.303 e. The van der Waals surface area contributed by atoms with Gasteiger partial charge in [-0.3, -0.25) is 0 Å². The summed E-state index contributed by atoms with van der Waals surface area (Å²) in [4.78, 5) is 0. The Labute approximate surface area is 187 Å². The molecule has 1 fully saturated rings. The van der Waals surface area contributed by atoms with E-state index in [1.54, 1.807) is 0 Å². The second-order valence-electron chi connectivity index (χ2n) is 6.91. The summed E-state index contributed by atoms with van der Waals surface area (Å²) >= 11 is 0. The van der Waals surface area contributed by atoms with Gasteiger partial charge in [0.2, 0.25) is 0 Å². The SMILES string of the molecule is CCCCCCCCCCCCCCCC[SiH]1O[SiH2]O[SiH2]O[SiH2]O1.[Na]. The number of hydrogen-bond acceptors (Lipinski definition) is 4. The molecule has 1 heterocycles. The van der Waals surface area contributed by atoms with Gasteiger partial charge in [0.1, 0.15) is 0 Å². The number of hydrogen-bond donors (Lipinski definition) is 0. The average molecular weight is 432 g/mol. The van der Waals surface area contributed by atoms with Crippen LogP contribution in [-0.4, -0.2) is 68.9 Å². The summed E-state index contributed by atoms with van der Waals surface area (Å²) in [5, 5.41) is 0. The monoisotopic (exact) mass is 431 g/mol. The maximum Gasteiger partial charge on any atom is 0.303 e. The molecule has 0 bridgehead atoms. The summed E-state index contributed by atoms with van der Waals surface area (Å²) in [6.07, 6.45) is 19.8. The Hall–Kier alpha value is 1.71. The Bertz CT molecular complexity index is 260. The quantitative estimate of drug-likeness (QED) is 0.295. The third kappa shape index (κ3) is 18.8. The average Bonchev–Trinajstić information content (AvgIpc) is 2.56. The van der Waals surface area contributed by atoms with Gasteiger partial charge in [-0.1, -0.05) is 96.8 Å². The van der Waals surface area contributed by atoms with Crippen molar-refractivity contribution in [2.75, 3.05) is 0 Å². The zero-order valence-corrected chi connectivity index (χ0v) is 24.3. The van der Waals surface area contributed by atoms with Crippen LogP contribution in [0.5, 0.6) is 0 Å². The maximum absolute atomic E-state index is 5.82. The Balaban J connectivity index is 0.00000576. The predicted molar refractivity (Wildman–Crippen MR) is 118 cm³/mol. The van der Waals surface area contributed by atoms with Crippen molar-refractivity contribution >= 4 is 68.9 Å². The van der Waals surface area contributed by atoms with E-state index in [9.17, 15) is 0 Å². The van der Waals surface area contributed by atoms with E-state index in [2.05, 4.69) is 6.92 Å². The first-order chi connectivity index (χ1) is 11.9. The first kappa shape index (κ1) is 26.7. The summed E-state index contributed by atoms with van der Waals surface area (Å²) < 4.78 is 22.5. The van der Waals surface area contributed by atoms with Gasteiger partial charge in [-0.05, 0) is 6.04 Å². The van der Waals surface area contributed by atoms with Gasteiger partial charge >= 0.3 is 9.28 Å². The van der Waals surface area contributed by atoms with Crippen molar-refractivity contribution in [1.29, 1.82) is 0 Å². The summed E-state index contributed by atoms with van der Waals surface area (Å²) in [5.41, 5.74) is 0. The molecule has 0 saturated carbocycles. The molecule has 4 nitrogen and oxygen atoms in total. The van der Waals surface area contributed by atoms with Crippen LogP contribution in [0.25, 0.3) is 0 Å². The molecule has 0 aromatic heterocycles. The second-order valence-corrected chi connectivity index (χ2v) is 15.0. The Morgan fingerprint density at radius 3 is 1.40 bits per heavy atom. The molecule has 1 aliphatic rings. The number of unbranched alkanes of at least 4 members (excludes halogenated alkanes) is 13. The van der Waals surface area contributed by atoms with Crippen LogP contribution in [0.3, 0.4) is 0 Å². The van der Waals surface area contributed by atoms with Gasteiger partial charge in [-0.25, -0.2) is 0 Å². The van der Waals surface area contributed by atoms with Crippen molar-refractivity contribution in [3.8, 4) is 0 Å². The van der Waals surface area contributed by atoms with Crippen LogP contribution in [0.4, 0.5) is 0 Å². The van der Waals surface area contributed by atoms with Crippen LogP contribution in [0, 0.1) is 0 Å². The van der Waals surface area contributed by atoms with E-state index in [4.69, 9.17) is 16.5 Å². The van der Waals surface area contributed by atoms with Crippen LogP contribution in [-0.2, 0) is 16.5 Å². The van der Waals surface area contributed by atoms with Crippen LogP contribution < -0.4 is 0 Å². The molecule has 1 aliphatic heterocycles. The molecule has 1 radical (unpaired) electrons. The summed E-state index contributed by atoms with van der Waals surface area (Å²) in [5.74, 6) is 0. The molecule has 0 spiro atoms. The van der Waals surface area contributed by atoms with E-state index < -0.39 is 39.3 Å². The van der Waals surface area contributed by atoms with Gasteiger partial charge in [0, 0.05) is 29.6 Å². The van der Waals surface area contributed by atoms with Gasteiger partial charge in [0.05, 0.1) is 0 Å².